The predicted molar refractivity (Wildman–Crippen MR) is 358 cm³/mol. The Bertz CT molecular complexity index is 1720. The Kier molecular flexibility index (Phi) is 62.1. The highest BCUT2D eigenvalue weighted by atomic mass is 31.2. The second-order valence-electron chi connectivity index (χ2n) is 25.7. The van der Waals surface area contributed by atoms with Crippen molar-refractivity contribution in [1.29, 1.82) is 0 Å². The standard InChI is InChI=1S/C70H136O17P2/c1-6-9-12-15-18-21-24-27-30-32-38-43-48-53-67(72)80-59-65(86-70(75)56-51-46-41-34-31-28-25-22-19-16-13-10-7-2)61-84-88(76,77)82-57-64(71)58-83-89(78,79)85-62-66(60-81-68(73)54-49-44-39-36-35-37-42-47-52-63(4)5)87-69(74)55-50-45-40-33-29-26-23-20-17-14-11-8-3/h63-66,71H,6-62H2,1-5H3,(H,76,77)(H,78,79)/t64-,65-,66-/m1/s1. The van der Waals surface area contributed by atoms with E-state index in [0.29, 0.717) is 25.7 Å². The molecule has 0 heterocycles. The smallest absolute Gasteiger partial charge is 0.462 e. The normalized spacial score (nSPS) is 14.1. The third-order valence-electron chi connectivity index (χ3n) is 16.3. The largest absolute Gasteiger partial charge is 0.472 e. The second-order valence-corrected chi connectivity index (χ2v) is 28.7. The van der Waals surface area contributed by atoms with Crippen molar-refractivity contribution in [2.75, 3.05) is 39.6 Å². The number of aliphatic hydroxyl groups is 1. The summed E-state index contributed by atoms with van der Waals surface area (Å²) in [6.07, 6.45) is 49.8. The molecule has 0 aliphatic rings. The molecule has 0 aromatic carbocycles. The van der Waals surface area contributed by atoms with E-state index in [9.17, 15) is 43.2 Å². The highest BCUT2D eigenvalue weighted by molar-refractivity contribution is 7.47. The van der Waals surface area contributed by atoms with Gasteiger partial charge >= 0.3 is 39.5 Å². The molecule has 0 spiro atoms. The van der Waals surface area contributed by atoms with Gasteiger partial charge in [0.1, 0.15) is 19.3 Å². The number of phosphoric acid groups is 2. The number of rotatable bonds is 70. The van der Waals surface area contributed by atoms with Gasteiger partial charge in [0.05, 0.1) is 26.4 Å². The highest BCUT2D eigenvalue weighted by Gasteiger charge is 2.30. The maximum Gasteiger partial charge on any atom is 0.472 e. The van der Waals surface area contributed by atoms with Crippen molar-refractivity contribution in [2.45, 2.75) is 380 Å². The number of unbranched alkanes of at least 4 members (excludes halogenated alkanes) is 42. The minimum Gasteiger partial charge on any atom is -0.462 e. The van der Waals surface area contributed by atoms with Gasteiger partial charge in [0.15, 0.2) is 12.2 Å². The van der Waals surface area contributed by atoms with E-state index in [2.05, 4.69) is 34.6 Å². The van der Waals surface area contributed by atoms with E-state index in [1.807, 2.05) is 0 Å². The molecule has 0 aliphatic heterocycles. The number of hydrogen-bond donors (Lipinski definition) is 3. The number of ether oxygens (including phenoxy) is 4. The summed E-state index contributed by atoms with van der Waals surface area (Å²) in [7, 11) is -9.90. The molecule has 0 bridgehead atoms. The number of carbonyl (C=O) groups is 4. The van der Waals surface area contributed by atoms with Crippen molar-refractivity contribution in [3.05, 3.63) is 0 Å². The lowest BCUT2D eigenvalue weighted by molar-refractivity contribution is -0.161. The van der Waals surface area contributed by atoms with Crippen LogP contribution in [0.15, 0.2) is 0 Å². The number of phosphoric ester groups is 2. The molecule has 0 amide bonds. The van der Waals surface area contributed by atoms with Crippen LogP contribution in [0.4, 0.5) is 0 Å². The van der Waals surface area contributed by atoms with Crippen molar-refractivity contribution in [3.63, 3.8) is 0 Å². The monoisotopic (exact) mass is 1310 g/mol. The summed E-state index contributed by atoms with van der Waals surface area (Å²) in [6.45, 7) is 7.22. The number of aliphatic hydroxyl groups excluding tert-OH is 1. The van der Waals surface area contributed by atoms with Crippen LogP contribution in [0.25, 0.3) is 0 Å². The molecule has 2 unspecified atom stereocenters. The Morgan fingerprint density at radius 1 is 0.303 bits per heavy atom. The van der Waals surface area contributed by atoms with Gasteiger partial charge in [-0.3, -0.25) is 37.3 Å². The van der Waals surface area contributed by atoms with Gasteiger partial charge in [-0.25, -0.2) is 9.13 Å². The zero-order valence-electron chi connectivity index (χ0n) is 57.6. The Labute approximate surface area is 543 Å². The average Bonchev–Trinajstić information content (AvgIpc) is 3.53. The molecular formula is C70H136O17P2. The third-order valence-corrected chi connectivity index (χ3v) is 18.2. The van der Waals surface area contributed by atoms with E-state index < -0.39 is 97.5 Å². The van der Waals surface area contributed by atoms with Crippen LogP contribution in [0.3, 0.4) is 0 Å². The summed E-state index contributed by atoms with van der Waals surface area (Å²) in [5.41, 5.74) is 0. The number of esters is 4. The molecule has 0 saturated carbocycles. The summed E-state index contributed by atoms with van der Waals surface area (Å²) in [5.74, 6) is -1.39. The van der Waals surface area contributed by atoms with Crippen molar-refractivity contribution in [2.24, 2.45) is 5.92 Å². The van der Waals surface area contributed by atoms with Gasteiger partial charge in [-0.15, -0.1) is 0 Å². The topological polar surface area (TPSA) is 237 Å². The zero-order valence-corrected chi connectivity index (χ0v) is 59.4. The maximum absolute atomic E-state index is 13.0. The molecule has 5 atom stereocenters. The number of hydrogen-bond acceptors (Lipinski definition) is 15. The van der Waals surface area contributed by atoms with Gasteiger partial charge in [-0.2, -0.15) is 0 Å². The van der Waals surface area contributed by atoms with Crippen LogP contribution in [0.1, 0.15) is 362 Å². The van der Waals surface area contributed by atoms with Crippen molar-refractivity contribution < 1.29 is 80.2 Å². The average molecular weight is 1310 g/mol. The van der Waals surface area contributed by atoms with Gasteiger partial charge in [0, 0.05) is 25.7 Å². The van der Waals surface area contributed by atoms with E-state index in [-0.39, 0.29) is 25.7 Å². The van der Waals surface area contributed by atoms with Gasteiger partial charge in [0.2, 0.25) is 0 Å². The van der Waals surface area contributed by atoms with E-state index in [1.54, 1.807) is 0 Å². The van der Waals surface area contributed by atoms with Crippen LogP contribution < -0.4 is 0 Å². The van der Waals surface area contributed by atoms with E-state index in [4.69, 9.17) is 37.0 Å². The van der Waals surface area contributed by atoms with Crippen LogP contribution in [0, 0.1) is 5.92 Å². The Morgan fingerprint density at radius 2 is 0.517 bits per heavy atom. The Balaban J connectivity index is 5.25. The molecule has 17 nitrogen and oxygen atoms in total. The first-order valence-electron chi connectivity index (χ1n) is 36.6. The van der Waals surface area contributed by atoms with Gasteiger partial charge in [-0.1, -0.05) is 311 Å². The highest BCUT2D eigenvalue weighted by Crippen LogP contribution is 2.45. The first-order valence-corrected chi connectivity index (χ1v) is 39.6. The van der Waals surface area contributed by atoms with Gasteiger partial charge in [-0.05, 0) is 31.6 Å². The number of carbonyl (C=O) groups excluding carboxylic acids is 4. The molecule has 0 rings (SSSR count). The van der Waals surface area contributed by atoms with Crippen LogP contribution in [0.5, 0.6) is 0 Å². The fraction of sp³-hybridized carbons (Fsp3) is 0.943. The SMILES string of the molecule is CCCCCCCCCCCCCCCC(=O)OC[C@H](COP(=O)(O)OC[C@@H](O)COP(=O)(O)OC[C@@H](COC(=O)CCCCCCCCCCC(C)C)OC(=O)CCCCCCCCCCCCCC)OC(=O)CCCCCCCCCCCCCCC. The Hall–Kier alpha value is -1.94. The molecule has 0 radical (unpaired) electrons. The van der Waals surface area contributed by atoms with Crippen LogP contribution >= 0.6 is 15.6 Å². The molecule has 0 saturated heterocycles. The second kappa shape index (κ2) is 63.5. The third kappa shape index (κ3) is 64.6. The van der Waals surface area contributed by atoms with Crippen molar-refractivity contribution in [1.82, 2.24) is 0 Å². The van der Waals surface area contributed by atoms with Gasteiger partial charge < -0.3 is 33.8 Å². The maximum atomic E-state index is 13.0. The molecule has 19 heteroatoms. The first kappa shape index (κ1) is 87.1. The first-order chi connectivity index (χ1) is 43.0. The molecular weight excluding hydrogens is 1170 g/mol. The fourth-order valence-electron chi connectivity index (χ4n) is 10.6. The van der Waals surface area contributed by atoms with E-state index in [0.717, 1.165) is 95.8 Å². The Morgan fingerprint density at radius 3 is 0.764 bits per heavy atom. The molecule has 0 fully saturated rings. The summed E-state index contributed by atoms with van der Waals surface area (Å²) >= 11 is 0. The summed E-state index contributed by atoms with van der Waals surface area (Å²) in [4.78, 5) is 72.5. The fourth-order valence-corrected chi connectivity index (χ4v) is 12.2. The van der Waals surface area contributed by atoms with Crippen LogP contribution in [-0.4, -0.2) is 96.7 Å². The van der Waals surface area contributed by atoms with Crippen LogP contribution in [-0.2, 0) is 65.4 Å². The van der Waals surface area contributed by atoms with E-state index in [1.165, 1.54) is 186 Å². The quantitative estimate of drug-likeness (QED) is 0.0222. The minimum absolute atomic E-state index is 0.107. The zero-order chi connectivity index (χ0) is 65.6. The lowest BCUT2D eigenvalue weighted by atomic mass is 10.0. The van der Waals surface area contributed by atoms with E-state index >= 15 is 0 Å². The van der Waals surface area contributed by atoms with Crippen molar-refractivity contribution >= 4 is 39.5 Å². The lowest BCUT2D eigenvalue weighted by Gasteiger charge is -2.21. The lowest BCUT2D eigenvalue weighted by Crippen LogP contribution is -2.30. The summed E-state index contributed by atoms with van der Waals surface area (Å²) in [6, 6.07) is 0. The molecule has 89 heavy (non-hydrogen) atoms. The molecule has 0 aliphatic carbocycles. The predicted octanol–water partition coefficient (Wildman–Crippen LogP) is 20.1. The van der Waals surface area contributed by atoms with Gasteiger partial charge in [0.25, 0.3) is 0 Å². The van der Waals surface area contributed by atoms with Crippen molar-refractivity contribution in [3.8, 4) is 0 Å². The summed E-state index contributed by atoms with van der Waals surface area (Å²) < 4.78 is 68.3. The summed E-state index contributed by atoms with van der Waals surface area (Å²) in [5, 5.41) is 10.6. The molecule has 0 aromatic heterocycles. The van der Waals surface area contributed by atoms with Crippen LogP contribution in [0.2, 0.25) is 0 Å². The molecule has 0 aromatic rings. The molecule has 3 N–H and O–H groups in total. The molecule has 528 valence electrons. The minimum atomic E-state index is -4.95.